The van der Waals surface area contributed by atoms with E-state index in [1.165, 1.54) is 0 Å². The number of Topliss-reactive ketones (excluding diaryl/α,β-unsaturated/α-hetero) is 1. The first-order chi connectivity index (χ1) is 12.8. The molecule has 0 saturated carbocycles. The number of rotatable bonds is 6. The Morgan fingerprint density at radius 3 is 2.85 bits per heavy atom. The SMILES string of the molecule is CCSCCOC(=O)C1C(C)=NC2=C(C(=O)CC(C)(C)C2)[C@H]1c1ccsc1. The molecule has 1 unspecified atom stereocenters. The van der Waals surface area contributed by atoms with Gasteiger partial charge in [-0.15, -0.1) is 0 Å². The minimum atomic E-state index is -0.518. The summed E-state index contributed by atoms with van der Waals surface area (Å²) < 4.78 is 5.57. The molecular weight excluding hydrogens is 378 g/mol. The molecule has 0 saturated heterocycles. The maximum absolute atomic E-state index is 13.0. The lowest BCUT2D eigenvalue weighted by molar-refractivity contribution is -0.145. The van der Waals surface area contributed by atoms with Crippen LogP contribution in [0.1, 0.15) is 52.0 Å². The van der Waals surface area contributed by atoms with Gasteiger partial charge in [0.05, 0.1) is 0 Å². The summed E-state index contributed by atoms with van der Waals surface area (Å²) in [5.74, 6) is 0.838. The molecule has 1 aromatic heterocycles. The highest BCUT2D eigenvalue weighted by Crippen LogP contribution is 2.48. The molecule has 4 nitrogen and oxygen atoms in total. The van der Waals surface area contributed by atoms with Crippen molar-refractivity contribution >= 4 is 40.6 Å². The van der Waals surface area contributed by atoms with Crippen LogP contribution in [0.5, 0.6) is 0 Å². The third kappa shape index (κ3) is 4.37. The number of thioether (sulfide) groups is 1. The Kier molecular flexibility index (Phi) is 6.26. The Morgan fingerprint density at radius 1 is 1.41 bits per heavy atom. The average Bonchev–Trinajstić information content (AvgIpc) is 3.10. The number of nitrogens with zero attached hydrogens (tertiary/aromatic N) is 1. The van der Waals surface area contributed by atoms with E-state index in [2.05, 4.69) is 20.8 Å². The van der Waals surface area contributed by atoms with Crippen molar-refractivity contribution < 1.29 is 14.3 Å². The molecule has 0 bridgehead atoms. The van der Waals surface area contributed by atoms with E-state index < -0.39 is 5.92 Å². The van der Waals surface area contributed by atoms with Crippen LogP contribution in [0, 0.1) is 11.3 Å². The van der Waals surface area contributed by atoms with Crippen molar-refractivity contribution in [3.63, 3.8) is 0 Å². The smallest absolute Gasteiger partial charge is 0.315 e. The molecule has 0 spiro atoms. The van der Waals surface area contributed by atoms with Gasteiger partial charge in [-0.05, 0) is 46.9 Å². The fraction of sp³-hybridized carbons (Fsp3) is 0.571. The maximum atomic E-state index is 13.0. The van der Waals surface area contributed by atoms with Crippen LogP contribution >= 0.6 is 23.1 Å². The highest BCUT2D eigenvalue weighted by molar-refractivity contribution is 7.99. The van der Waals surface area contributed by atoms with E-state index in [0.29, 0.717) is 13.0 Å². The third-order valence-electron chi connectivity index (χ3n) is 5.13. The fourth-order valence-corrected chi connectivity index (χ4v) is 5.18. The molecule has 1 aromatic rings. The quantitative estimate of drug-likeness (QED) is 0.501. The summed E-state index contributed by atoms with van der Waals surface area (Å²) in [5.41, 5.74) is 3.26. The normalized spacial score (nSPS) is 24.4. The predicted octanol–water partition coefficient (Wildman–Crippen LogP) is 4.86. The van der Waals surface area contributed by atoms with Gasteiger partial charge in [0, 0.05) is 35.1 Å². The summed E-state index contributed by atoms with van der Waals surface area (Å²) in [6.45, 7) is 8.57. The van der Waals surface area contributed by atoms with Crippen LogP contribution < -0.4 is 0 Å². The lowest BCUT2D eigenvalue weighted by atomic mass is 9.67. The number of ether oxygens (including phenoxy) is 1. The monoisotopic (exact) mass is 405 g/mol. The Labute approximate surface area is 169 Å². The van der Waals surface area contributed by atoms with Gasteiger partial charge >= 0.3 is 5.97 Å². The summed E-state index contributed by atoms with van der Waals surface area (Å²) >= 11 is 3.33. The molecule has 3 rings (SSSR count). The number of hydrogen-bond donors (Lipinski definition) is 0. The van der Waals surface area contributed by atoms with Gasteiger partial charge in [-0.1, -0.05) is 20.8 Å². The number of thiophene rings is 1. The number of carbonyl (C=O) groups is 2. The van der Waals surface area contributed by atoms with E-state index in [4.69, 9.17) is 9.73 Å². The van der Waals surface area contributed by atoms with Crippen molar-refractivity contribution in [3.8, 4) is 0 Å². The minimum absolute atomic E-state index is 0.0936. The summed E-state index contributed by atoms with van der Waals surface area (Å²) in [4.78, 5) is 30.7. The molecule has 0 aromatic carbocycles. The van der Waals surface area contributed by atoms with E-state index >= 15 is 0 Å². The molecule has 27 heavy (non-hydrogen) atoms. The molecule has 2 heterocycles. The number of ketones is 1. The summed E-state index contributed by atoms with van der Waals surface area (Å²) in [5, 5.41) is 4.03. The number of allylic oxidation sites excluding steroid dienone is 2. The van der Waals surface area contributed by atoms with Gasteiger partial charge in [0.25, 0.3) is 0 Å². The Morgan fingerprint density at radius 2 is 2.19 bits per heavy atom. The first kappa shape index (κ1) is 20.3. The molecule has 0 fully saturated rings. The predicted molar refractivity (Wildman–Crippen MR) is 113 cm³/mol. The molecular formula is C21H27NO3S2. The van der Waals surface area contributed by atoms with Crippen LogP contribution in [-0.2, 0) is 14.3 Å². The van der Waals surface area contributed by atoms with Gasteiger partial charge in [-0.3, -0.25) is 14.6 Å². The van der Waals surface area contributed by atoms with Crippen LogP contribution in [0.4, 0.5) is 0 Å². The van der Waals surface area contributed by atoms with Crippen molar-refractivity contribution in [1.82, 2.24) is 0 Å². The maximum Gasteiger partial charge on any atom is 0.315 e. The van der Waals surface area contributed by atoms with Crippen molar-refractivity contribution in [2.24, 2.45) is 16.3 Å². The molecule has 0 radical (unpaired) electrons. The van der Waals surface area contributed by atoms with Crippen molar-refractivity contribution in [2.45, 2.75) is 46.5 Å². The zero-order valence-corrected chi connectivity index (χ0v) is 18.0. The van der Waals surface area contributed by atoms with Crippen LogP contribution in [-0.4, -0.2) is 35.6 Å². The van der Waals surface area contributed by atoms with Gasteiger partial charge in [0.1, 0.15) is 12.5 Å². The van der Waals surface area contributed by atoms with Gasteiger partial charge in [0.2, 0.25) is 0 Å². The van der Waals surface area contributed by atoms with Gasteiger partial charge in [0.15, 0.2) is 5.78 Å². The Hall–Kier alpha value is -1.40. The van der Waals surface area contributed by atoms with E-state index in [1.54, 1.807) is 23.1 Å². The lowest BCUT2D eigenvalue weighted by Gasteiger charge is -2.38. The second-order valence-electron chi connectivity index (χ2n) is 7.93. The Balaban J connectivity index is 1.95. The van der Waals surface area contributed by atoms with E-state index in [-0.39, 0.29) is 23.1 Å². The highest BCUT2D eigenvalue weighted by atomic mass is 32.2. The third-order valence-corrected chi connectivity index (χ3v) is 6.70. The van der Waals surface area contributed by atoms with Crippen LogP contribution in [0.15, 0.2) is 33.1 Å². The van der Waals surface area contributed by atoms with Crippen molar-refractivity contribution in [3.05, 3.63) is 33.7 Å². The molecule has 2 atom stereocenters. The topological polar surface area (TPSA) is 55.7 Å². The van der Waals surface area contributed by atoms with Gasteiger partial charge in [-0.25, -0.2) is 0 Å². The van der Waals surface area contributed by atoms with Gasteiger partial charge < -0.3 is 4.74 Å². The summed E-state index contributed by atoms with van der Waals surface area (Å²) in [6, 6.07) is 2.01. The largest absolute Gasteiger partial charge is 0.464 e. The number of carbonyl (C=O) groups excluding carboxylic acids is 2. The molecule has 0 amide bonds. The first-order valence-electron chi connectivity index (χ1n) is 9.42. The Bertz CT molecular complexity index is 777. The lowest BCUT2D eigenvalue weighted by Crippen LogP contribution is -2.39. The molecule has 0 N–H and O–H groups in total. The second kappa shape index (κ2) is 8.31. The molecule has 1 aliphatic carbocycles. The number of esters is 1. The zero-order valence-electron chi connectivity index (χ0n) is 16.4. The molecule has 1 aliphatic heterocycles. The fourth-order valence-electron chi connectivity index (χ4n) is 4.00. The van der Waals surface area contributed by atoms with Crippen LogP contribution in [0.2, 0.25) is 0 Å². The second-order valence-corrected chi connectivity index (χ2v) is 10.1. The summed E-state index contributed by atoms with van der Waals surface area (Å²) in [6.07, 6.45) is 1.26. The highest BCUT2D eigenvalue weighted by Gasteiger charge is 2.46. The average molecular weight is 406 g/mol. The number of aliphatic imine (C=N–C) groups is 1. The minimum Gasteiger partial charge on any atom is -0.464 e. The standard InChI is InChI=1S/C21H27NO3S2/c1-5-26-9-7-25-20(24)17-13(2)22-15-10-21(3,4)11-16(23)19(15)18(17)14-6-8-27-12-14/h6,8,12,17-18H,5,7,9-11H2,1-4H3/t17?,18-/m0/s1. The van der Waals surface area contributed by atoms with E-state index in [9.17, 15) is 9.59 Å². The van der Waals surface area contributed by atoms with E-state index in [0.717, 1.165) is 40.5 Å². The van der Waals surface area contributed by atoms with Crippen LogP contribution in [0.25, 0.3) is 0 Å². The van der Waals surface area contributed by atoms with E-state index in [1.807, 2.05) is 23.8 Å². The molecule has 6 heteroatoms. The van der Waals surface area contributed by atoms with Crippen molar-refractivity contribution in [1.29, 1.82) is 0 Å². The van der Waals surface area contributed by atoms with Crippen molar-refractivity contribution in [2.75, 3.05) is 18.1 Å². The van der Waals surface area contributed by atoms with Gasteiger partial charge in [-0.2, -0.15) is 23.1 Å². The number of hydrogen-bond acceptors (Lipinski definition) is 6. The summed E-state index contributed by atoms with van der Waals surface area (Å²) in [7, 11) is 0. The zero-order chi connectivity index (χ0) is 19.6. The molecule has 2 aliphatic rings. The first-order valence-corrected chi connectivity index (χ1v) is 11.5. The van der Waals surface area contributed by atoms with Crippen LogP contribution in [0.3, 0.4) is 0 Å². The molecule has 146 valence electrons.